The van der Waals surface area contributed by atoms with Crippen LogP contribution in [0.5, 0.6) is 0 Å². The Kier molecular flexibility index (Phi) is 3.02. The van der Waals surface area contributed by atoms with Crippen molar-refractivity contribution in [3.8, 4) is 0 Å². The summed E-state index contributed by atoms with van der Waals surface area (Å²) in [4.78, 5) is 8.58. The Balaban J connectivity index is 1.75. The van der Waals surface area contributed by atoms with E-state index in [1.54, 1.807) is 12.4 Å². The number of imidazole rings is 1. The summed E-state index contributed by atoms with van der Waals surface area (Å²) in [6, 6.07) is 0. The van der Waals surface area contributed by atoms with E-state index in [4.69, 9.17) is 10.5 Å². The Labute approximate surface area is 105 Å². The molecular formula is C12H17N5O. The van der Waals surface area contributed by atoms with Crippen molar-refractivity contribution in [1.82, 2.24) is 14.4 Å². The molecular weight excluding hydrogens is 230 g/mol. The van der Waals surface area contributed by atoms with Crippen molar-refractivity contribution in [3.63, 3.8) is 0 Å². The number of ether oxygens (including phenoxy) is 1. The van der Waals surface area contributed by atoms with Crippen LogP contribution >= 0.6 is 0 Å². The fourth-order valence-corrected chi connectivity index (χ4v) is 2.28. The average Bonchev–Trinajstić information content (AvgIpc) is 2.85. The molecule has 1 saturated heterocycles. The zero-order chi connectivity index (χ0) is 12.4. The predicted octanol–water partition coefficient (Wildman–Crippen LogP) is 1.15. The first-order chi connectivity index (χ1) is 8.83. The molecule has 1 fully saturated rings. The van der Waals surface area contributed by atoms with Gasteiger partial charge in [-0.3, -0.25) is 0 Å². The Morgan fingerprint density at radius 2 is 2.50 bits per heavy atom. The van der Waals surface area contributed by atoms with Crippen LogP contribution in [0.4, 0.5) is 11.6 Å². The van der Waals surface area contributed by atoms with E-state index in [1.807, 2.05) is 10.6 Å². The first kappa shape index (κ1) is 11.3. The second-order valence-corrected chi connectivity index (χ2v) is 4.64. The van der Waals surface area contributed by atoms with Crippen LogP contribution in [0.3, 0.4) is 0 Å². The molecule has 3 N–H and O–H groups in total. The van der Waals surface area contributed by atoms with Gasteiger partial charge in [-0.15, -0.1) is 0 Å². The monoisotopic (exact) mass is 247 g/mol. The highest BCUT2D eigenvalue weighted by molar-refractivity contribution is 5.64. The van der Waals surface area contributed by atoms with Crippen molar-refractivity contribution in [2.45, 2.75) is 12.8 Å². The fourth-order valence-electron chi connectivity index (χ4n) is 2.28. The maximum absolute atomic E-state index is 5.77. The SMILES string of the molecule is Nc1cn2ccnc2c(NCC2CCCOC2)n1. The zero-order valence-corrected chi connectivity index (χ0v) is 10.2. The van der Waals surface area contributed by atoms with Gasteiger partial charge in [-0.2, -0.15) is 0 Å². The maximum atomic E-state index is 5.77. The fraction of sp³-hybridized carbons (Fsp3) is 0.500. The van der Waals surface area contributed by atoms with Gasteiger partial charge in [-0.1, -0.05) is 0 Å². The van der Waals surface area contributed by atoms with Crippen molar-refractivity contribution in [1.29, 1.82) is 0 Å². The smallest absolute Gasteiger partial charge is 0.180 e. The van der Waals surface area contributed by atoms with Crippen molar-refractivity contribution < 1.29 is 4.74 Å². The van der Waals surface area contributed by atoms with E-state index in [2.05, 4.69) is 15.3 Å². The standard InChI is InChI=1S/C12H17N5O/c13-10-7-17-4-3-14-12(17)11(16-10)15-6-9-2-1-5-18-8-9/h3-4,7,9H,1-2,5-6,8,13H2,(H,15,16). The van der Waals surface area contributed by atoms with E-state index in [9.17, 15) is 0 Å². The number of anilines is 2. The second-order valence-electron chi connectivity index (χ2n) is 4.64. The molecule has 1 aliphatic heterocycles. The topological polar surface area (TPSA) is 77.5 Å². The molecule has 2 aromatic rings. The van der Waals surface area contributed by atoms with E-state index in [-0.39, 0.29) is 0 Å². The first-order valence-corrected chi connectivity index (χ1v) is 6.24. The Bertz CT molecular complexity index is 532. The predicted molar refractivity (Wildman–Crippen MR) is 69.4 cm³/mol. The number of nitrogens with zero attached hydrogens (tertiary/aromatic N) is 3. The molecule has 6 heteroatoms. The summed E-state index contributed by atoms with van der Waals surface area (Å²) in [5.41, 5.74) is 6.57. The lowest BCUT2D eigenvalue weighted by molar-refractivity contribution is 0.0595. The maximum Gasteiger partial charge on any atom is 0.180 e. The van der Waals surface area contributed by atoms with Crippen LogP contribution in [-0.2, 0) is 4.74 Å². The zero-order valence-electron chi connectivity index (χ0n) is 10.2. The third-order valence-corrected chi connectivity index (χ3v) is 3.21. The van der Waals surface area contributed by atoms with Crippen LogP contribution in [0.25, 0.3) is 5.65 Å². The van der Waals surface area contributed by atoms with Gasteiger partial charge in [-0.25, -0.2) is 9.97 Å². The van der Waals surface area contributed by atoms with Gasteiger partial charge in [0.25, 0.3) is 0 Å². The first-order valence-electron chi connectivity index (χ1n) is 6.24. The molecule has 0 amide bonds. The van der Waals surface area contributed by atoms with Crippen LogP contribution in [0.1, 0.15) is 12.8 Å². The third-order valence-electron chi connectivity index (χ3n) is 3.21. The van der Waals surface area contributed by atoms with Crippen LogP contribution < -0.4 is 11.1 Å². The van der Waals surface area contributed by atoms with Crippen molar-refractivity contribution in [3.05, 3.63) is 18.6 Å². The number of nitrogen functional groups attached to an aromatic ring is 1. The highest BCUT2D eigenvalue weighted by Crippen LogP contribution is 2.18. The van der Waals surface area contributed by atoms with E-state index in [1.165, 1.54) is 6.42 Å². The highest BCUT2D eigenvalue weighted by Gasteiger charge is 2.14. The van der Waals surface area contributed by atoms with Gasteiger partial charge in [0, 0.05) is 25.5 Å². The van der Waals surface area contributed by atoms with Crippen molar-refractivity contribution >= 4 is 17.3 Å². The molecule has 1 unspecified atom stereocenters. The molecule has 0 aromatic carbocycles. The number of fused-ring (bicyclic) bond motifs is 1. The van der Waals surface area contributed by atoms with E-state index in [0.29, 0.717) is 11.7 Å². The summed E-state index contributed by atoms with van der Waals surface area (Å²) >= 11 is 0. The second kappa shape index (κ2) is 4.81. The molecule has 0 radical (unpaired) electrons. The molecule has 0 saturated carbocycles. The third kappa shape index (κ3) is 2.24. The van der Waals surface area contributed by atoms with E-state index in [0.717, 1.165) is 37.6 Å². The molecule has 0 aliphatic carbocycles. The molecule has 3 heterocycles. The molecule has 0 spiro atoms. The van der Waals surface area contributed by atoms with Gasteiger partial charge in [0.2, 0.25) is 0 Å². The van der Waals surface area contributed by atoms with E-state index >= 15 is 0 Å². The van der Waals surface area contributed by atoms with Gasteiger partial charge in [-0.05, 0) is 18.8 Å². The quantitative estimate of drug-likeness (QED) is 0.850. The molecule has 6 nitrogen and oxygen atoms in total. The van der Waals surface area contributed by atoms with Gasteiger partial charge >= 0.3 is 0 Å². The van der Waals surface area contributed by atoms with Crippen LogP contribution in [0, 0.1) is 5.92 Å². The van der Waals surface area contributed by atoms with Crippen molar-refractivity contribution in [2.24, 2.45) is 5.92 Å². The van der Waals surface area contributed by atoms with Crippen LogP contribution in [0.15, 0.2) is 18.6 Å². The van der Waals surface area contributed by atoms with Crippen molar-refractivity contribution in [2.75, 3.05) is 30.8 Å². The minimum Gasteiger partial charge on any atom is -0.382 e. The number of hydrogen-bond acceptors (Lipinski definition) is 5. The highest BCUT2D eigenvalue weighted by atomic mass is 16.5. The molecule has 1 atom stereocenters. The van der Waals surface area contributed by atoms with Gasteiger partial charge < -0.3 is 20.2 Å². The Morgan fingerprint density at radius 1 is 1.56 bits per heavy atom. The van der Waals surface area contributed by atoms with E-state index < -0.39 is 0 Å². The van der Waals surface area contributed by atoms with Gasteiger partial charge in [0.05, 0.1) is 12.8 Å². The number of rotatable bonds is 3. The van der Waals surface area contributed by atoms with Gasteiger partial charge in [0.1, 0.15) is 5.82 Å². The molecule has 3 rings (SSSR count). The Hall–Kier alpha value is -1.82. The lowest BCUT2D eigenvalue weighted by Gasteiger charge is -2.22. The minimum atomic E-state index is 0.489. The summed E-state index contributed by atoms with van der Waals surface area (Å²) in [5, 5.41) is 3.33. The summed E-state index contributed by atoms with van der Waals surface area (Å²) in [7, 11) is 0. The van der Waals surface area contributed by atoms with Crippen LogP contribution in [-0.4, -0.2) is 34.1 Å². The lowest BCUT2D eigenvalue weighted by Crippen LogP contribution is -2.24. The summed E-state index contributed by atoms with van der Waals surface area (Å²) in [6.07, 6.45) is 7.69. The average molecular weight is 247 g/mol. The molecule has 96 valence electrons. The molecule has 0 bridgehead atoms. The molecule has 18 heavy (non-hydrogen) atoms. The largest absolute Gasteiger partial charge is 0.382 e. The Morgan fingerprint density at radius 3 is 3.33 bits per heavy atom. The molecule has 1 aliphatic rings. The van der Waals surface area contributed by atoms with Crippen LogP contribution in [0.2, 0.25) is 0 Å². The van der Waals surface area contributed by atoms with Gasteiger partial charge in [0.15, 0.2) is 11.5 Å². The summed E-state index contributed by atoms with van der Waals surface area (Å²) in [5.74, 6) is 1.77. The minimum absolute atomic E-state index is 0.489. The number of nitrogens with one attached hydrogen (secondary N) is 1. The normalized spacial score (nSPS) is 20.1. The number of nitrogens with two attached hydrogens (primary N) is 1. The lowest BCUT2D eigenvalue weighted by atomic mass is 10.0. The number of aromatic nitrogens is 3. The summed E-state index contributed by atoms with van der Waals surface area (Å²) < 4.78 is 7.34. The number of hydrogen-bond donors (Lipinski definition) is 2. The molecule has 2 aromatic heterocycles. The summed E-state index contributed by atoms with van der Waals surface area (Å²) in [6.45, 7) is 2.55.